The lowest BCUT2D eigenvalue weighted by Gasteiger charge is -2.15. The summed E-state index contributed by atoms with van der Waals surface area (Å²) in [5.74, 6) is 0.807. The van der Waals surface area contributed by atoms with Crippen molar-refractivity contribution in [3.05, 3.63) is 64.6 Å². The zero-order valence-corrected chi connectivity index (χ0v) is 14.8. The van der Waals surface area contributed by atoms with Gasteiger partial charge >= 0.3 is 0 Å². The molecule has 4 heteroatoms. The topological polar surface area (TPSA) is 29.5 Å². The van der Waals surface area contributed by atoms with Crippen molar-refractivity contribution in [1.82, 2.24) is 4.90 Å². The number of thioether (sulfide) groups is 1. The van der Waals surface area contributed by atoms with E-state index >= 15 is 0 Å². The van der Waals surface area contributed by atoms with Crippen molar-refractivity contribution in [1.29, 1.82) is 0 Å². The van der Waals surface area contributed by atoms with Crippen LogP contribution in [0.15, 0.2) is 53.5 Å². The van der Waals surface area contributed by atoms with Gasteiger partial charge in [-0.05, 0) is 47.8 Å². The Morgan fingerprint density at radius 3 is 2.87 bits per heavy atom. The van der Waals surface area contributed by atoms with Gasteiger partial charge in [0.1, 0.15) is 5.75 Å². The zero-order chi connectivity index (χ0) is 16.8. The van der Waals surface area contributed by atoms with Crippen LogP contribution in [0.25, 0.3) is 0 Å². The van der Waals surface area contributed by atoms with Crippen LogP contribution in [0.2, 0.25) is 0 Å². The van der Waals surface area contributed by atoms with Crippen LogP contribution in [0, 0.1) is 0 Å². The van der Waals surface area contributed by atoms with Crippen molar-refractivity contribution in [2.75, 3.05) is 19.9 Å². The number of fused-ring (bicyclic) bond motifs is 1. The number of hydrogen-bond donors (Lipinski definition) is 0. The summed E-state index contributed by atoms with van der Waals surface area (Å²) in [6.07, 6.45) is 8.89. The van der Waals surface area contributed by atoms with Gasteiger partial charge in [0.05, 0.1) is 7.11 Å². The number of benzene rings is 1. The molecular formula is C19H23NO2S. The van der Waals surface area contributed by atoms with E-state index in [1.807, 2.05) is 29.2 Å². The molecule has 1 amide bonds. The molecule has 0 aliphatic carbocycles. The molecule has 0 atom stereocenters. The van der Waals surface area contributed by atoms with Gasteiger partial charge in [-0.25, -0.2) is 0 Å². The summed E-state index contributed by atoms with van der Waals surface area (Å²) in [6.45, 7) is 7.31. The van der Waals surface area contributed by atoms with Crippen molar-refractivity contribution in [2.24, 2.45) is 0 Å². The maximum atomic E-state index is 12.5. The zero-order valence-electron chi connectivity index (χ0n) is 14.0. The third-order valence-corrected chi connectivity index (χ3v) is 4.76. The van der Waals surface area contributed by atoms with E-state index < -0.39 is 0 Å². The standard InChI is InChI=1S/C19H23NO2S/c1-5-15(7-6-14(2)23-4)10-11-20-13-16-8-9-17(22-3)12-18(16)19(20)21/h5-9,12H,1,10-11,13H2,2-4H3/b14-6+,15-7+. The molecule has 0 saturated carbocycles. The molecule has 1 heterocycles. The molecule has 0 saturated heterocycles. The molecule has 0 aromatic heterocycles. The number of carbonyl (C=O) groups excluding carboxylic acids is 1. The quantitative estimate of drug-likeness (QED) is 0.694. The first kappa shape index (κ1) is 17.4. The molecule has 1 aromatic carbocycles. The lowest BCUT2D eigenvalue weighted by atomic mass is 10.1. The maximum absolute atomic E-state index is 12.5. The fourth-order valence-electron chi connectivity index (χ4n) is 2.46. The number of methoxy groups -OCH3 is 1. The number of nitrogens with zero attached hydrogens (tertiary/aromatic N) is 1. The Bertz CT molecular complexity index is 661. The number of hydrogen-bond acceptors (Lipinski definition) is 3. The molecule has 0 spiro atoms. The molecule has 23 heavy (non-hydrogen) atoms. The summed E-state index contributed by atoms with van der Waals surface area (Å²) in [6, 6.07) is 5.70. The first-order valence-electron chi connectivity index (χ1n) is 7.59. The number of amides is 1. The van der Waals surface area contributed by atoms with Gasteiger partial charge in [-0.3, -0.25) is 4.79 Å². The van der Waals surface area contributed by atoms with E-state index in [-0.39, 0.29) is 5.91 Å². The molecule has 1 aromatic rings. The molecule has 122 valence electrons. The number of carbonyl (C=O) groups is 1. The molecule has 0 bridgehead atoms. The molecule has 0 N–H and O–H groups in total. The van der Waals surface area contributed by atoms with Crippen molar-refractivity contribution >= 4 is 17.7 Å². The summed E-state index contributed by atoms with van der Waals surface area (Å²) in [7, 11) is 1.62. The van der Waals surface area contributed by atoms with Crippen LogP contribution in [0.4, 0.5) is 0 Å². The van der Waals surface area contributed by atoms with Gasteiger partial charge in [-0.15, -0.1) is 11.8 Å². The predicted octanol–water partition coefficient (Wildman–Crippen LogP) is 4.42. The summed E-state index contributed by atoms with van der Waals surface area (Å²) < 4.78 is 5.20. The molecule has 3 nitrogen and oxygen atoms in total. The first-order valence-corrected chi connectivity index (χ1v) is 8.81. The van der Waals surface area contributed by atoms with Crippen molar-refractivity contribution in [3.63, 3.8) is 0 Å². The Morgan fingerprint density at radius 1 is 1.43 bits per heavy atom. The van der Waals surface area contributed by atoms with Gasteiger partial charge in [-0.2, -0.15) is 0 Å². The van der Waals surface area contributed by atoms with Crippen LogP contribution in [0.3, 0.4) is 0 Å². The van der Waals surface area contributed by atoms with Crippen LogP contribution >= 0.6 is 11.8 Å². The second-order valence-corrected chi connectivity index (χ2v) is 6.48. The molecule has 0 radical (unpaired) electrons. The van der Waals surface area contributed by atoms with Crippen LogP contribution in [-0.4, -0.2) is 30.7 Å². The summed E-state index contributed by atoms with van der Waals surface area (Å²) in [5, 5.41) is 0. The van der Waals surface area contributed by atoms with Gasteiger partial charge in [-0.1, -0.05) is 30.9 Å². The Hall–Kier alpha value is -1.94. The molecule has 0 fully saturated rings. The number of allylic oxidation sites excluding steroid dienone is 4. The SMILES string of the molecule is C=C/C(=C\C=C(/C)SC)CCN1Cc2ccc(OC)cc2C1=O. The predicted molar refractivity (Wildman–Crippen MR) is 97.9 cm³/mol. The average Bonchev–Trinajstić information content (AvgIpc) is 2.90. The van der Waals surface area contributed by atoms with Gasteiger partial charge in [0.25, 0.3) is 5.91 Å². The fraction of sp³-hybridized carbons (Fsp3) is 0.316. The van der Waals surface area contributed by atoms with Gasteiger partial charge in [0, 0.05) is 18.7 Å². The normalized spacial score (nSPS) is 14.9. The third kappa shape index (κ3) is 4.29. The minimum atomic E-state index is 0.0816. The Morgan fingerprint density at radius 2 is 2.22 bits per heavy atom. The number of rotatable bonds is 7. The van der Waals surface area contributed by atoms with E-state index in [2.05, 4.69) is 31.9 Å². The highest BCUT2D eigenvalue weighted by atomic mass is 32.2. The Balaban J connectivity index is 2.02. The number of ether oxygens (including phenoxy) is 1. The molecule has 0 unspecified atom stereocenters. The molecular weight excluding hydrogens is 306 g/mol. The van der Waals surface area contributed by atoms with Gasteiger partial charge in [0.2, 0.25) is 0 Å². The van der Waals surface area contributed by atoms with E-state index in [9.17, 15) is 4.79 Å². The van der Waals surface area contributed by atoms with E-state index in [1.165, 1.54) is 4.91 Å². The summed E-state index contributed by atoms with van der Waals surface area (Å²) in [5.41, 5.74) is 2.96. The first-order chi connectivity index (χ1) is 11.1. The monoisotopic (exact) mass is 329 g/mol. The second kappa shape index (κ2) is 8.06. The molecule has 1 aliphatic heterocycles. The van der Waals surface area contributed by atoms with Crippen LogP contribution < -0.4 is 4.74 Å². The highest BCUT2D eigenvalue weighted by molar-refractivity contribution is 8.02. The van der Waals surface area contributed by atoms with E-state index in [0.717, 1.165) is 28.9 Å². The van der Waals surface area contributed by atoms with Crippen molar-refractivity contribution in [2.45, 2.75) is 19.9 Å². The van der Waals surface area contributed by atoms with Crippen molar-refractivity contribution in [3.8, 4) is 5.75 Å². The Labute approximate surface area is 142 Å². The van der Waals surface area contributed by atoms with Crippen LogP contribution in [0.5, 0.6) is 5.75 Å². The minimum Gasteiger partial charge on any atom is -0.497 e. The summed E-state index contributed by atoms with van der Waals surface area (Å²) >= 11 is 1.72. The minimum absolute atomic E-state index is 0.0816. The van der Waals surface area contributed by atoms with E-state index in [0.29, 0.717) is 13.1 Å². The summed E-state index contributed by atoms with van der Waals surface area (Å²) in [4.78, 5) is 15.6. The smallest absolute Gasteiger partial charge is 0.254 e. The lowest BCUT2D eigenvalue weighted by molar-refractivity contribution is 0.0780. The fourth-order valence-corrected chi connectivity index (χ4v) is 2.66. The lowest BCUT2D eigenvalue weighted by Crippen LogP contribution is -2.25. The van der Waals surface area contributed by atoms with E-state index in [1.54, 1.807) is 18.9 Å². The largest absolute Gasteiger partial charge is 0.497 e. The van der Waals surface area contributed by atoms with Crippen molar-refractivity contribution < 1.29 is 9.53 Å². The average molecular weight is 329 g/mol. The van der Waals surface area contributed by atoms with Crippen LogP contribution in [-0.2, 0) is 6.54 Å². The maximum Gasteiger partial charge on any atom is 0.254 e. The molecule has 1 aliphatic rings. The highest BCUT2D eigenvalue weighted by Crippen LogP contribution is 2.27. The van der Waals surface area contributed by atoms with Gasteiger partial charge in [0.15, 0.2) is 0 Å². The molecule has 2 rings (SSSR count). The third-order valence-electron chi connectivity index (χ3n) is 3.98. The Kier molecular flexibility index (Phi) is 6.11. The van der Waals surface area contributed by atoms with Gasteiger partial charge < -0.3 is 9.64 Å². The van der Waals surface area contributed by atoms with E-state index in [4.69, 9.17) is 4.74 Å². The second-order valence-electron chi connectivity index (χ2n) is 5.43. The highest BCUT2D eigenvalue weighted by Gasteiger charge is 2.27. The van der Waals surface area contributed by atoms with Crippen LogP contribution in [0.1, 0.15) is 29.3 Å².